The molecule has 2 aromatic rings. The van der Waals surface area contributed by atoms with E-state index in [2.05, 4.69) is 61.9 Å². The average molecular weight is 373 g/mol. The van der Waals surface area contributed by atoms with Crippen molar-refractivity contribution in [1.82, 2.24) is 14.8 Å². The Morgan fingerprint density at radius 3 is 2.46 bits per heavy atom. The Balaban J connectivity index is 2.10. The van der Waals surface area contributed by atoms with Gasteiger partial charge in [0.2, 0.25) is 5.91 Å². The van der Waals surface area contributed by atoms with Crippen LogP contribution in [0.5, 0.6) is 0 Å². The molecule has 0 spiro atoms. The second kappa shape index (κ2) is 9.57. The number of benzene rings is 1. The second-order valence-electron chi connectivity index (χ2n) is 6.39. The van der Waals surface area contributed by atoms with Crippen LogP contribution in [0.4, 0.5) is 5.69 Å². The number of carbonyl (C=O) groups excluding carboxylic acids is 1. The van der Waals surface area contributed by atoms with Crippen LogP contribution in [-0.2, 0) is 24.2 Å². The summed E-state index contributed by atoms with van der Waals surface area (Å²) in [5, 5.41) is 12.4. The first kappa shape index (κ1) is 20.2. The highest BCUT2D eigenvalue weighted by Crippen LogP contribution is 2.24. The van der Waals surface area contributed by atoms with Crippen LogP contribution in [0.2, 0.25) is 0 Å². The number of nitrogens with zero attached hydrogens (tertiary/aromatic N) is 3. The standard InChI is InChI=1S/C20H28N4OS/c1-6-12-24-19(14(4)5)22-23-20(24)26-13-17(25)21-18-15(7-2)10-9-11-16(18)8-3/h6,9-11,14H,1,7-8,12-13H2,2-5H3,(H,21,25). The number of aryl methyl sites for hydroxylation is 2. The molecule has 2 rings (SSSR count). The van der Waals surface area contributed by atoms with E-state index < -0.39 is 0 Å². The Kier molecular flexibility index (Phi) is 7.45. The molecule has 1 amide bonds. The van der Waals surface area contributed by atoms with Gasteiger partial charge < -0.3 is 9.88 Å². The molecule has 26 heavy (non-hydrogen) atoms. The van der Waals surface area contributed by atoms with Gasteiger partial charge >= 0.3 is 0 Å². The molecular weight excluding hydrogens is 344 g/mol. The third-order valence-electron chi connectivity index (χ3n) is 4.17. The fourth-order valence-electron chi connectivity index (χ4n) is 2.84. The van der Waals surface area contributed by atoms with Crippen LogP contribution in [0.15, 0.2) is 36.0 Å². The summed E-state index contributed by atoms with van der Waals surface area (Å²) in [5.74, 6) is 1.46. The van der Waals surface area contributed by atoms with E-state index in [0.29, 0.717) is 12.3 Å². The molecule has 140 valence electrons. The van der Waals surface area contributed by atoms with E-state index in [-0.39, 0.29) is 11.8 Å². The Morgan fingerprint density at radius 1 is 1.27 bits per heavy atom. The van der Waals surface area contributed by atoms with E-state index >= 15 is 0 Å². The predicted molar refractivity (Wildman–Crippen MR) is 109 cm³/mol. The van der Waals surface area contributed by atoms with Crippen LogP contribution in [0.3, 0.4) is 0 Å². The molecule has 0 saturated carbocycles. The Hall–Kier alpha value is -2.08. The molecule has 0 unspecified atom stereocenters. The summed E-state index contributed by atoms with van der Waals surface area (Å²) < 4.78 is 2.02. The number of hydrogen-bond donors (Lipinski definition) is 1. The molecule has 0 aliphatic heterocycles. The summed E-state index contributed by atoms with van der Waals surface area (Å²) in [5.41, 5.74) is 3.29. The van der Waals surface area contributed by atoms with Crippen LogP contribution in [0, 0.1) is 0 Å². The van der Waals surface area contributed by atoms with Gasteiger partial charge in [0, 0.05) is 18.2 Å². The lowest BCUT2D eigenvalue weighted by Crippen LogP contribution is -2.17. The monoisotopic (exact) mass is 372 g/mol. The summed E-state index contributed by atoms with van der Waals surface area (Å²) in [4.78, 5) is 12.5. The van der Waals surface area contributed by atoms with Gasteiger partial charge in [-0.2, -0.15) is 0 Å². The van der Waals surface area contributed by atoms with Crippen LogP contribution < -0.4 is 5.32 Å². The smallest absolute Gasteiger partial charge is 0.234 e. The van der Waals surface area contributed by atoms with Gasteiger partial charge in [-0.25, -0.2) is 0 Å². The highest BCUT2D eigenvalue weighted by molar-refractivity contribution is 7.99. The maximum Gasteiger partial charge on any atom is 0.234 e. The molecule has 1 aromatic heterocycles. The second-order valence-corrected chi connectivity index (χ2v) is 7.33. The van der Waals surface area contributed by atoms with Gasteiger partial charge in [0.1, 0.15) is 5.82 Å². The number of rotatable bonds is 9. The largest absolute Gasteiger partial charge is 0.325 e. The number of hydrogen-bond acceptors (Lipinski definition) is 4. The quantitative estimate of drug-likeness (QED) is 0.522. The molecule has 0 atom stereocenters. The molecule has 0 saturated heterocycles. The minimum absolute atomic E-state index is 0.0233. The summed E-state index contributed by atoms with van der Waals surface area (Å²) in [7, 11) is 0. The molecule has 1 heterocycles. The van der Waals surface area contributed by atoms with Crippen molar-refractivity contribution in [3.05, 3.63) is 47.8 Å². The summed E-state index contributed by atoms with van der Waals surface area (Å²) in [6.45, 7) is 12.8. The van der Waals surface area contributed by atoms with Crippen LogP contribution in [0.1, 0.15) is 50.6 Å². The number of allylic oxidation sites excluding steroid dienone is 1. The van der Waals surface area contributed by atoms with E-state index in [1.54, 1.807) is 0 Å². The molecule has 0 aliphatic rings. The molecule has 5 nitrogen and oxygen atoms in total. The van der Waals surface area contributed by atoms with Crippen LogP contribution in [0.25, 0.3) is 0 Å². The van der Waals surface area contributed by atoms with Crippen LogP contribution >= 0.6 is 11.8 Å². The molecule has 0 fully saturated rings. The first-order valence-corrected chi connectivity index (χ1v) is 10.1. The predicted octanol–water partition coefficient (Wildman–Crippen LogP) is 4.44. The first-order valence-electron chi connectivity index (χ1n) is 9.09. The first-order chi connectivity index (χ1) is 12.5. The van der Waals surface area contributed by atoms with Gasteiger partial charge in [-0.1, -0.05) is 63.7 Å². The third-order valence-corrected chi connectivity index (χ3v) is 5.14. The maximum atomic E-state index is 12.5. The molecule has 1 N–H and O–H groups in total. The minimum atomic E-state index is -0.0233. The lowest BCUT2D eigenvalue weighted by Gasteiger charge is -2.14. The highest BCUT2D eigenvalue weighted by Gasteiger charge is 2.16. The Morgan fingerprint density at radius 2 is 1.92 bits per heavy atom. The number of nitrogens with one attached hydrogen (secondary N) is 1. The van der Waals surface area contributed by atoms with Crippen molar-refractivity contribution in [1.29, 1.82) is 0 Å². The zero-order chi connectivity index (χ0) is 19.1. The number of carbonyl (C=O) groups is 1. The van der Waals surface area contributed by atoms with Gasteiger partial charge in [0.05, 0.1) is 5.75 Å². The lowest BCUT2D eigenvalue weighted by atomic mass is 10.0. The van der Waals surface area contributed by atoms with Crippen molar-refractivity contribution in [2.75, 3.05) is 11.1 Å². The Labute approximate surface area is 160 Å². The zero-order valence-electron chi connectivity index (χ0n) is 16.1. The molecule has 0 bridgehead atoms. The number of amides is 1. The van der Waals surface area contributed by atoms with E-state index in [0.717, 1.165) is 29.5 Å². The van der Waals surface area contributed by atoms with Crippen molar-refractivity contribution in [2.24, 2.45) is 0 Å². The van der Waals surface area contributed by atoms with Gasteiger partial charge in [0.25, 0.3) is 0 Å². The number of thioether (sulfide) groups is 1. The van der Waals surface area contributed by atoms with Gasteiger partial charge in [0.15, 0.2) is 5.16 Å². The van der Waals surface area contributed by atoms with Crippen molar-refractivity contribution in [2.45, 2.75) is 58.2 Å². The molecule has 6 heteroatoms. The highest BCUT2D eigenvalue weighted by atomic mass is 32.2. The van der Waals surface area contributed by atoms with Crippen LogP contribution in [-0.4, -0.2) is 26.4 Å². The summed E-state index contributed by atoms with van der Waals surface area (Å²) >= 11 is 1.41. The van der Waals surface area contributed by atoms with Gasteiger partial charge in [-0.05, 0) is 24.0 Å². The Bertz CT molecular complexity index is 745. The van der Waals surface area contributed by atoms with Crippen molar-refractivity contribution < 1.29 is 4.79 Å². The van der Waals surface area contributed by atoms with E-state index in [1.807, 2.05) is 16.7 Å². The maximum absolute atomic E-state index is 12.5. The number of anilines is 1. The molecular formula is C20H28N4OS. The minimum Gasteiger partial charge on any atom is -0.325 e. The SMILES string of the molecule is C=CCn1c(SCC(=O)Nc2c(CC)cccc2CC)nnc1C(C)C. The van der Waals surface area contributed by atoms with E-state index in [1.165, 1.54) is 22.9 Å². The fourth-order valence-corrected chi connectivity index (χ4v) is 3.60. The number of aromatic nitrogens is 3. The van der Waals surface area contributed by atoms with Crippen molar-refractivity contribution in [3.63, 3.8) is 0 Å². The summed E-state index contributed by atoms with van der Waals surface area (Å²) in [6, 6.07) is 6.18. The topological polar surface area (TPSA) is 59.8 Å². The van der Waals surface area contributed by atoms with Gasteiger partial charge in [-0.15, -0.1) is 16.8 Å². The molecule has 0 aliphatic carbocycles. The fraction of sp³-hybridized carbons (Fsp3) is 0.450. The lowest BCUT2D eigenvalue weighted by molar-refractivity contribution is -0.113. The van der Waals surface area contributed by atoms with Crippen molar-refractivity contribution in [3.8, 4) is 0 Å². The third kappa shape index (κ3) is 4.75. The average Bonchev–Trinajstić information content (AvgIpc) is 3.03. The van der Waals surface area contributed by atoms with E-state index in [9.17, 15) is 4.79 Å². The zero-order valence-corrected chi connectivity index (χ0v) is 16.9. The summed E-state index contributed by atoms with van der Waals surface area (Å²) in [6.07, 6.45) is 3.61. The normalized spacial score (nSPS) is 11.0. The molecule has 0 radical (unpaired) electrons. The van der Waals surface area contributed by atoms with E-state index in [4.69, 9.17) is 0 Å². The number of para-hydroxylation sites is 1. The van der Waals surface area contributed by atoms with Gasteiger partial charge in [-0.3, -0.25) is 4.79 Å². The molecule has 1 aromatic carbocycles. The van der Waals surface area contributed by atoms with Crippen molar-refractivity contribution >= 4 is 23.4 Å².